The van der Waals surface area contributed by atoms with Gasteiger partial charge in [-0.15, -0.1) is 5.10 Å². The highest BCUT2D eigenvalue weighted by Crippen LogP contribution is 2.34. The predicted octanol–water partition coefficient (Wildman–Crippen LogP) is 2.90. The molecular weight excluding hydrogens is 441 g/mol. The molecule has 1 aromatic carbocycles. The van der Waals surface area contributed by atoms with E-state index < -0.39 is 18.0 Å². The zero-order valence-corrected chi connectivity index (χ0v) is 18.6. The summed E-state index contributed by atoms with van der Waals surface area (Å²) in [5, 5.41) is 4.43. The van der Waals surface area contributed by atoms with Gasteiger partial charge in [-0.1, -0.05) is 6.07 Å². The molecule has 1 atom stereocenters. The van der Waals surface area contributed by atoms with Crippen molar-refractivity contribution in [2.45, 2.75) is 20.1 Å². The Kier molecular flexibility index (Phi) is 5.08. The number of rotatable bonds is 5. The number of aromatic nitrogens is 5. The first kappa shape index (κ1) is 21.3. The number of hydrogen-bond acceptors (Lipinski definition) is 8. The van der Waals surface area contributed by atoms with E-state index in [4.69, 9.17) is 15.2 Å². The third kappa shape index (κ3) is 3.56. The Balaban J connectivity index is 1.54. The minimum Gasteiger partial charge on any atom is -0.481 e. The van der Waals surface area contributed by atoms with Gasteiger partial charge < -0.3 is 20.1 Å². The Morgan fingerprint density at radius 2 is 2.06 bits per heavy atom. The van der Waals surface area contributed by atoms with Crippen LogP contribution in [0.4, 0.5) is 10.1 Å². The van der Waals surface area contributed by atoms with Crippen LogP contribution in [-0.2, 0) is 9.53 Å². The van der Waals surface area contributed by atoms with Gasteiger partial charge in [0.1, 0.15) is 5.82 Å². The maximum Gasteiger partial charge on any atom is 0.285 e. The van der Waals surface area contributed by atoms with Gasteiger partial charge in [-0.2, -0.15) is 4.98 Å². The minimum atomic E-state index is -0.663. The Bertz CT molecular complexity index is 1470. The van der Waals surface area contributed by atoms with Gasteiger partial charge in [0, 0.05) is 29.7 Å². The van der Waals surface area contributed by atoms with Crippen LogP contribution in [0.25, 0.3) is 28.4 Å². The van der Waals surface area contributed by atoms with Gasteiger partial charge in [0.15, 0.2) is 12.1 Å². The van der Waals surface area contributed by atoms with Crippen molar-refractivity contribution in [3.63, 3.8) is 0 Å². The maximum atomic E-state index is 14.8. The number of halogens is 1. The van der Waals surface area contributed by atoms with Crippen LogP contribution in [0.1, 0.15) is 13.8 Å². The predicted molar refractivity (Wildman–Crippen MR) is 121 cm³/mol. The molecule has 11 heteroatoms. The average Bonchev–Trinajstić information content (AvgIpc) is 3.39. The van der Waals surface area contributed by atoms with Gasteiger partial charge in [-0.05, 0) is 38.1 Å². The summed E-state index contributed by atoms with van der Waals surface area (Å²) < 4.78 is 27.0. The van der Waals surface area contributed by atoms with Gasteiger partial charge in [0.2, 0.25) is 11.6 Å². The number of hydrogen-bond donors (Lipinski definition) is 1. The highest BCUT2D eigenvalue weighted by molar-refractivity contribution is 5.92. The lowest BCUT2D eigenvalue weighted by atomic mass is 10.1. The second-order valence-electron chi connectivity index (χ2n) is 7.62. The standard InChI is InChI=1S/C23H20FN7O3/c1-12-20(21(25)32)34-13(2)31(12)15-7-8-17(24)16(9-15)22-28-23-26-10-14(11-30(23)29-22)18-5-4-6-19(27-18)33-3/h4-11,13H,1-3H3,(H2,25,32). The first-order chi connectivity index (χ1) is 16.4. The van der Waals surface area contributed by atoms with E-state index in [1.807, 2.05) is 12.1 Å². The van der Waals surface area contributed by atoms with E-state index in [1.54, 1.807) is 56.4 Å². The molecule has 0 aliphatic carbocycles. The Hall–Kier alpha value is -4.54. The third-order valence-corrected chi connectivity index (χ3v) is 5.46. The second kappa shape index (κ2) is 8.10. The summed E-state index contributed by atoms with van der Waals surface area (Å²) in [7, 11) is 1.54. The lowest BCUT2D eigenvalue weighted by Crippen LogP contribution is -2.27. The van der Waals surface area contributed by atoms with Crippen LogP contribution < -0.4 is 15.4 Å². The molecule has 1 unspecified atom stereocenters. The topological polar surface area (TPSA) is 121 Å². The number of pyridine rings is 1. The molecule has 1 aliphatic rings. The van der Waals surface area contributed by atoms with Crippen LogP contribution in [0, 0.1) is 5.82 Å². The van der Waals surface area contributed by atoms with E-state index in [-0.39, 0.29) is 17.1 Å². The molecule has 0 spiro atoms. The molecular formula is C23H20FN7O3. The summed E-state index contributed by atoms with van der Waals surface area (Å²) in [5.41, 5.74) is 8.06. The summed E-state index contributed by atoms with van der Waals surface area (Å²) in [6.07, 6.45) is 2.84. The molecule has 1 aliphatic heterocycles. The van der Waals surface area contributed by atoms with Crippen molar-refractivity contribution < 1.29 is 18.7 Å². The number of ether oxygens (including phenoxy) is 2. The van der Waals surface area contributed by atoms with Crippen LogP contribution in [0.3, 0.4) is 0 Å². The van der Waals surface area contributed by atoms with Crippen molar-refractivity contribution in [2.24, 2.45) is 5.73 Å². The number of methoxy groups -OCH3 is 1. The van der Waals surface area contributed by atoms with Crippen LogP contribution in [0.5, 0.6) is 5.88 Å². The average molecular weight is 461 g/mol. The van der Waals surface area contributed by atoms with E-state index in [0.717, 1.165) is 0 Å². The van der Waals surface area contributed by atoms with Crippen molar-refractivity contribution in [1.82, 2.24) is 24.6 Å². The maximum absolute atomic E-state index is 14.8. The fraction of sp³-hybridized carbons (Fsp3) is 0.174. The number of benzene rings is 1. The largest absolute Gasteiger partial charge is 0.481 e. The van der Waals surface area contributed by atoms with Crippen molar-refractivity contribution >= 4 is 17.4 Å². The van der Waals surface area contributed by atoms with E-state index in [1.165, 1.54) is 10.6 Å². The summed E-state index contributed by atoms with van der Waals surface area (Å²) >= 11 is 0. The number of allylic oxidation sites excluding steroid dienone is 1. The normalized spacial score (nSPS) is 15.6. The molecule has 0 saturated heterocycles. The first-order valence-electron chi connectivity index (χ1n) is 10.4. The van der Waals surface area contributed by atoms with E-state index in [9.17, 15) is 9.18 Å². The lowest BCUT2D eigenvalue weighted by molar-refractivity contribution is -0.118. The van der Waals surface area contributed by atoms with Gasteiger partial charge in [0.05, 0.1) is 24.1 Å². The van der Waals surface area contributed by atoms with Crippen molar-refractivity contribution in [3.8, 4) is 28.5 Å². The minimum absolute atomic E-state index is 0.0760. The number of fused-ring (bicyclic) bond motifs is 1. The SMILES string of the molecule is COc1cccc(-c2cnc3nc(-c4cc(N5C(C)=C(C(N)=O)OC5C)ccc4F)nn3c2)n1. The van der Waals surface area contributed by atoms with E-state index >= 15 is 0 Å². The molecule has 0 bridgehead atoms. The van der Waals surface area contributed by atoms with Crippen LogP contribution in [0.15, 0.2) is 60.2 Å². The van der Waals surface area contributed by atoms with Gasteiger partial charge in [-0.3, -0.25) is 4.79 Å². The van der Waals surface area contributed by atoms with Crippen molar-refractivity contribution in [1.29, 1.82) is 0 Å². The number of carbonyl (C=O) groups is 1. The quantitative estimate of drug-likeness (QED) is 0.482. The Morgan fingerprint density at radius 3 is 2.79 bits per heavy atom. The monoisotopic (exact) mass is 461 g/mol. The third-order valence-electron chi connectivity index (χ3n) is 5.46. The molecule has 5 rings (SSSR count). The first-order valence-corrected chi connectivity index (χ1v) is 10.4. The van der Waals surface area contributed by atoms with Crippen LogP contribution in [-0.4, -0.2) is 43.8 Å². The molecule has 1 amide bonds. The molecule has 3 aromatic heterocycles. The fourth-order valence-electron chi connectivity index (χ4n) is 3.88. The van der Waals surface area contributed by atoms with Gasteiger partial charge in [0.25, 0.3) is 11.7 Å². The fourth-order valence-corrected chi connectivity index (χ4v) is 3.88. The van der Waals surface area contributed by atoms with E-state index in [0.29, 0.717) is 34.3 Å². The Morgan fingerprint density at radius 1 is 1.24 bits per heavy atom. The molecule has 0 fully saturated rings. The van der Waals surface area contributed by atoms with E-state index in [2.05, 4.69) is 20.1 Å². The molecule has 4 heterocycles. The number of amides is 1. The Labute approximate surface area is 193 Å². The molecule has 34 heavy (non-hydrogen) atoms. The number of carbonyl (C=O) groups excluding carboxylic acids is 1. The summed E-state index contributed by atoms with van der Waals surface area (Å²) in [4.78, 5) is 26.5. The van der Waals surface area contributed by atoms with Crippen molar-refractivity contribution in [2.75, 3.05) is 12.0 Å². The zero-order chi connectivity index (χ0) is 24.0. The second-order valence-corrected chi connectivity index (χ2v) is 7.62. The van der Waals surface area contributed by atoms with Crippen molar-refractivity contribution in [3.05, 3.63) is 66.1 Å². The van der Waals surface area contributed by atoms with Crippen LogP contribution >= 0.6 is 0 Å². The number of nitrogens with zero attached hydrogens (tertiary/aromatic N) is 6. The molecule has 4 aromatic rings. The molecule has 0 saturated carbocycles. The molecule has 0 radical (unpaired) electrons. The smallest absolute Gasteiger partial charge is 0.285 e. The molecule has 172 valence electrons. The van der Waals surface area contributed by atoms with Gasteiger partial charge in [-0.25, -0.2) is 18.9 Å². The lowest BCUT2D eigenvalue weighted by Gasteiger charge is -2.24. The number of nitrogens with two attached hydrogens (primary N) is 1. The molecule has 10 nitrogen and oxygen atoms in total. The highest BCUT2D eigenvalue weighted by atomic mass is 19.1. The van der Waals surface area contributed by atoms with Gasteiger partial charge >= 0.3 is 0 Å². The summed E-state index contributed by atoms with van der Waals surface area (Å²) in [6, 6.07) is 9.89. The number of primary amides is 1. The zero-order valence-electron chi connectivity index (χ0n) is 18.6. The number of anilines is 1. The summed E-state index contributed by atoms with van der Waals surface area (Å²) in [6.45, 7) is 3.48. The summed E-state index contributed by atoms with van der Waals surface area (Å²) in [5.74, 6) is -0.155. The molecule has 2 N–H and O–H groups in total. The highest BCUT2D eigenvalue weighted by Gasteiger charge is 2.32. The van der Waals surface area contributed by atoms with Crippen LogP contribution in [0.2, 0.25) is 0 Å².